The molecule has 0 spiro atoms. The predicted octanol–water partition coefficient (Wildman–Crippen LogP) is 2.05. The molecule has 2 unspecified atom stereocenters. The highest BCUT2D eigenvalue weighted by Gasteiger charge is 1.92. The Labute approximate surface area is 52.2 Å². The number of rotatable bonds is 3. The summed E-state index contributed by atoms with van der Waals surface area (Å²) in [5.41, 5.74) is 0.940. The maximum absolute atomic E-state index is 2.30. The number of hydrogen-bond acceptors (Lipinski definition) is 1. The lowest BCUT2D eigenvalue weighted by atomic mass is 10.6. The van der Waals surface area contributed by atoms with Crippen LogP contribution in [0.15, 0.2) is 0 Å². The van der Waals surface area contributed by atoms with E-state index < -0.39 is 0 Å². The molecule has 0 nitrogen and oxygen atoms in total. The van der Waals surface area contributed by atoms with Gasteiger partial charge in [-0.2, -0.15) is 11.8 Å². The summed E-state index contributed by atoms with van der Waals surface area (Å²) >= 11 is 1.94. The van der Waals surface area contributed by atoms with E-state index in [1.165, 1.54) is 5.75 Å². The van der Waals surface area contributed by atoms with Crippen molar-refractivity contribution in [3.05, 3.63) is 0 Å². The van der Waals surface area contributed by atoms with Gasteiger partial charge in [-0.15, -0.1) is 8.58 Å². The second kappa shape index (κ2) is 4.93. The molecule has 0 aromatic heterocycles. The summed E-state index contributed by atoms with van der Waals surface area (Å²) in [5.74, 6) is 1.33. The highest BCUT2D eigenvalue weighted by molar-refractivity contribution is 7.98. The van der Waals surface area contributed by atoms with Crippen molar-refractivity contribution in [1.29, 1.82) is 0 Å². The first-order valence-corrected chi connectivity index (χ1v) is 5.44. The van der Waals surface area contributed by atoms with E-state index in [4.69, 9.17) is 0 Å². The topological polar surface area (TPSA) is 0 Å². The standard InChI is InChI=1S/C5H13PS/c1-5(6-2)4-7-3/h5-6H,4H2,1-3H3. The van der Waals surface area contributed by atoms with Gasteiger partial charge in [0.1, 0.15) is 0 Å². The molecule has 0 N–H and O–H groups in total. The van der Waals surface area contributed by atoms with Crippen LogP contribution in [0, 0.1) is 0 Å². The Balaban J connectivity index is 2.83. The second-order valence-electron chi connectivity index (χ2n) is 1.65. The molecule has 0 aromatic rings. The molecule has 0 saturated carbocycles. The lowest BCUT2D eigenvalue weighted by Gasteiger charge is -2.02. The summed E-state index contributed by atoms with van der Waals surface area (Å²) in [6, 6.07) is 0. The third-order valence-corrected chi connectivity index (χ3v) is 3.23. The van der Waals surface area contributed by atoms with Crippen molar-refractivity contribution in [2.45, 2.75) is 12.6 Å². The van der Waals surface area contributed by atoms with Crippen LogP contribution >= 0.6 is 20.3 Å². The van der Waals surface area contributed by atoms with Crippen molar-refractivity contribution >= 4 is 20.3 Å². The van der Waals surface area contributed by atoms with E-state index in [2.05, 4.69) is 19.8 Å². The van der Waals surface area contributed by atoms with E-state index in [0.29, 0.717) is 0 Å². The molecule has 0 radical (unpaired) electrons. The molecule has 7 heavy (non-hydrogen) atoms. The van der Waals surface area contributed by atoms with Crippen LogP contribution in [-0.2, 0) is 0 Å². The van der Waals surface area contributed by atoms with E-state index in [1.807, 2.05) is 11.8 Å². The maximum Gasteiger partial charge on any atom is -0.000760 e. The fourth-order valence-electron chi connectivity index (χ4n) is 0.333. The molecule has 0 rings (SSSR count). The van der Waals surface area contributed by atoms with E-state index in [9.17, 15) is 0 Å². The number of hydrogen-bond donors (Lipinski definition) is 0. The quantitative estimate of drug-likeness (QED) is 0.535. The van der Waals surface area contributed by atoms with Gasteiger partial charge in [0.2, 0.25) is 0 Å². The van der Waals surface area contributed by atoms with Gasteiger partial charge < -0.3 is 0 Å². The fourth-order valence-corrected chi connectivity index (χ4v) is 2.00. The summed E-state index contributed by atoms with van der Waals surface area (Å²) in [7, 11) is 1.12. The maximum atomic E-state index is 2.30. The van der Waals surface area contributed by atoms with E-state index >= 15 is 0 Å². The molecule has 2 atom stereocenters. The molecule has 0 amide bonds. The highest BCUT2D eigenvalue weighted by atomic mass is 32.2. The van der Waals surface area contributed by atoms with Crippen molar-refractivity contribution in [2.24, 2.45) is 0 Å². The van der Waals surface area contributed by atoms with Gasteiger partial charge in [-0.25, -0.2) is 0 Å². The third kappa shape index (κ3) is 4.64. The summed E-state index contributed by atoms with van der Waals surface area (Å²) < 4.78 is 0. The first kappa shape index (κ1) is 7.78. The zero-order valence-electron chi connectivity index (χ0n) is 5.19. The minimum absolute atomic E-state index is 0.940. The predicted molar refractivity (Wildman–Crippen MR) is 42.1 cm³/mol. The van der Waals surface area contributed by atoms with Crippen LogP contribution in [0.3, 0.4) is 0 Å². The summed E-state index contributed by atoms with van der Waals surface area (Å²) in [5, 5.41) is 0. The molecule has 0 bridgehead atoms. The molecule has 0 aromatic carbocycles. The third-order valence-electron chi connectivity index (χ3n) is 0.909. The second-order valence-corrected chi connectivity index (χ2v) is 4.12. The zero-order valence-corrected chi connectivity index (χ0v) is 7.01. The van der Waals surface area contributed by atoms with E-state index in [-0.39, 0.29) is 0 Å². The first-order chi connectivity index (χ1) is 3.31. The van der Waals surface area contributed by atoms with Crippen LogP contribution in [-0.4, -0.2) is 24.3 Å². The molecule has 0 aliphatic carbocycles. The zero-order chi connectivity index (χ0) is 5.70. The number of thioether (sulfide) groups is 1. The van der Waals surface area contributed by atoms with Crippen molar-refractivity contribution in [2.75, 3.05) is 18.7 Å². The summed E-state index contributed by atoms with van der Waals surface area (Å²) in [4.78, 5) is 0. The molecule has 2 heteroatoms. The van der Waals surface area contributed by atoms with Gasteiger partial charge in [-0.1, -0.05) is 6.92 Å². The van der Waals surface area contributed by atoms with Crippen molar-refractivity contribution in [3.63, 3.8) is 0 Å². The van der Waals surface area contributed by atoms with Gasteiger partial charge in [0.05, 0.1) is 0 Å². The van der Waals surface area contributed by atoms with Crippen LogP contribution in [0.2, 0.25) is 0 Å². The Morgan fingerprint density at radius 1 is 1.71 bits per heavy atom. The van der Waals surface area contributed by atoms with Crippen LogP contribution < -0.4 is 0 Å². The first-order valence-electron chi connectivity index (χ1n) is 2.47. The lowest BCUT2D eigenvalue weighted by molar-refractivity contribution is 1.13. The molecular formula is C5H13PS. The van der Waals surface area contributed by atoms with Crippen LogP contribution in [0.5, 0.6) is 0 Å². The Bertz CT molecular complexity index is 39.1. The van der Waals surface area contributed by atoms with Gasteiger partial charge in [-0.05, 0) is 24.3 Å². The Morgan fingerprint density at radius 2 is 2.29 bits per heavy atom. The average Bonchev–Trinajstić information content (AvgIpc) is 1.68. The fraction of sp³-hybridized carbons (Fsp3) is 1.00. The molecule has 44 valence electrons. The van der Waals surface area contributed by atoms with Crippen LogP contribution in [0.25, 0.3) is 0 Å². The van der Waals surface area contributed by atoms with E-state index in [0.717, 1.165) is 14.2 Å². The van der Waals surface area contributed by atoms with Gasteiger partial charge in [0.25, 0.3) is 0 Å². The average molecular weight is 136 g/mol. The minimum atomic E-state index is 0.940. The van der Waals surface area contributed by atoms with Crippen LogP contribution in [0.1, 0.15) is 6.92 Å². The summed E-state index contributed by atoms with van der Waals surface area (Å²) in [6.07, 6.45) is 2.16. The van der Waals surface area contributed by atoms with E-state index in [1.54, 1.807) is 0 Å². The summed E-state index contributed by atoms with van der Waals surface area (Å²) in [6.45, 7) is 4.57. The van der Waals surface area contributed by atoms with Crippen LogP contribution in [0.4, 0.5) is 0 Å². The highest BCUT2D eigenvalue weighted by Crippen LogP contribution is 2.15. The van der Waals surface area contributed by atoms with Crippen molar-refractivity contribution in [3.8, 4) is 0 Å². The lowest BCUT2D eigenvalue weighted by Crippen LogP contribution is -1.94. The molecule has 0 aliphatic heterocycles. The minimum Gasteiger partial charge on any atom is -0.165 e. The molecule has 0 saturated heterocycles. The Morgan fingerprint density at radius 3 is 2.43 bits per heavy atom. The molecular weight excluding hydrogens is 123 g/mol. The molecule has 0 aliphatic rings. The van der Waals surface area contributed by atoms with Gasteiger partial charge >= 0.3 is 0 Å². The molecule has 0 fully saturated rings. The van der Waals surface area contributed by atoms with Crippen molar-refractivity contribution < 1.29 is 0 Å². The molecule has 0 heterocycles. The van der Waals surface area contributed by atoms with Gasteiger partial charge in [0, 0.05) is 0 Å². The largest absolute Gasteiger partial charge is 0.165 e. The SMILES string of the molecule is CPC(C)CSC. The van der Waals surface area contributed by atoms with Gasteiger partial charge in [-0.3, -0.25) is 0 Å². The Hall–Kier alpha value is 0.780. The Kier molecular flexibility index (Phi) is 5.48. The normalized spacial score (nSPS) is 15.9. The van der Waals surface area contributed by atoms with Gasteiger partial charge in [0.15, 0.2) is 0 Å². The smallest absolute Gasteiger partial charge is 0.000760 e. The monoisotopic (exact) mass is 136 g/mol. The van der Waals surface area contributed by atoms with Crippen molar-refractivity contribution in [1.82, 2.24) is 0 Å².